The van der Waals surface area contributed by atoms with Crippen LogP contribution in [0.1, 0.15) is 25.3 Å². The van der Waals surface area contributed by atoms with Gasteiger partial charge in [-0.3, -0.25) is 4.79 Å². The quantitative estimate of drug-likeness (QED) is 0.450. The summed E-state index contributed by atoms with van der Waals surface area (Å²) in [6.07, 6.45) is 0.526. The first kappa shape index (κ1) is 17.7. The molecule has 6 nitrogen and oxygen atoms in total. The van der Waals surface area contributed by atoms with Crippen LogP contribution in [-0.2, 0) is 19.6 Å². The molecular formula is C13H19ClN2O4S. The molecule has 3 N–H and O–H groups in total. The average Bonchev–Trinajstić information content (AvgIpc) is 2.40. The second-order valence-electron chi connectivity index (χ2n) is 4.45. The first-order valence-corrected chi connectivity index (χ1v) is 8.35. The molecular weight excluding hydrogens is 316 g/mol. The lowest BCUT2D eigenvalue weighted by molar-refractivity contribution is -0.143. The maximum absolute atomic E-state index is 12.1. The van der Waals surface area contributed by atoms with Crippen LogP contribution in [0.3, 0.4) is 0 Å². The van der Waals surface area contributed by atoms with E-state index < -0.39 is 10.0 Å². The van der Waals surface area contributed by atoms with Gasteiger partial charge in [-0.1, -0.05) is 11.6 Å². The van der Waals surface area contributed by atoms with Crippen LogP contribution in [-0.4, -0.2) is 27.5 Å². The fourth-order valence-corrected chi connectivity index (χ4v) is 2.98. The maximum atomic E-state index is 12.1. The molecule has 0 aliphatic carbocycles. The third-order valence-electron chi connectivity index (χ3n) is 2.72. The van der Waals surface area contributed by atoms with E-state index in [2.05, 4.69) is 4.72 Å². The van der Waals surface area contributed by atoms with E-state index in [1.165, 1.54) is 12.1 Å². The van der Waals surface area contributed by atoms with Gasteiger partial charge in [0.15, 0.2) is 0 Å². The molecule has 0 fully saturated rings. The molecule has 0 amide bonds. The number of carbonyl (C=O) groups is 1. The summed E-state index contributed by atoms with van der Waals surface area (Å²) in [5.41, 5.74) is 6.46. The van der Waals surface area contributed by atoms with Gasteiger partial charge in [-0.15, -0.1) is 0 Å². The van der Waals surface area contributed by atoms with E-state index in [9.17, 15) is 13.2 Å². The Morgan fingerprint density at radius 2 is 2.10 bits per heavy atom. The van der Waals surface area contributed by atoms with Crippen LogP contribution in [0.15, 0.2) is 17.0 Å². The lowest BCUT2D eigenvalue weighted by atomic mass is 10.2. The maximum Gasteiger partial charge on any atom is 0.305 e. The number of hydrogen-bond acceptors (Lipinski definition) is 5. The van der Waals surface area contributed by atoms with E-state index in [-0.39, 0.29) is 29.5 Å². The minimum absolute atomic E-state index is 0.0537. The molecule has 0 heterocycles. The van der Waals surface area contributed by atoms with Crippen LogP contribution >= 0.6 is 11.6 Å². The highest BCUT2D eigenvalue weighted by Gasteiger charge is 2.16. The highest BCUT2D eigenvalue weighted by Crippen LogP contribution is 2.26. The van der Waals surface area contributed by atoms with Gasteiger partial charge in [-0.25, -0.2) is 13.1 Å². The largest absolute Gasteiger partial charge is 0.466 e. The summed E-state index contributed by atoms with van der Waals surface area (Å²) in [4.78, 5) is 11.2. The number of ether oxygens (including phenoxy) is 1. The monoisotopic (exact) mass is 334 g/mol. The fraction of sp³-hybridized carbons (Fsp3) is 0.462. The van der Waals surface area contributed by atoms with E-state index in [0.29, 0.717) is 23.6 Å². The van der Waals surface area contributed by atoms with Crippen molar-refractivity contribution >= 4 is 33.3 Å². The van der Waals surface area contributed by atoms with Gasteiger partial charge in [0, 0.05) is 13.0 Å². The number of aryl methyl sites for hydroxylation is 1. The molecule has 118 valence electrons. The van der Waals surface area contributed by atoms with Gasteiger partial charge in [-0.05, 0) is 38.0 Å². The number of nitrogens with two attached hydrogens (primary N) is 1. The van der Waals surface area contributed by atoms with E-state index in [4.69, 9.17) is 22.1 Å². The summed E-state index contributed by atoms with van der Waals surface area (Å²) in [7, 11) is -3.67. The Morgan fingerprint density at radius 3 is 2.67 bits per heavy atom. The van der Waals surface area contributed by atoms with E-state index in [1.54, 1.807) is 13.8 Å². The number of nitrogens with one attached hydrogen (secondary N) is 1. The molecule has 1 aromatic carbocycles. The molecule has 21 heavy (non-hydrogen) atoms. The number of carbonyl (C=O) groups excluding carboxylic acids is 1. The number of rotatable bonds is 7. The molecule has 0 spiro atoms. The van der Waals surface area contributed by atoms with Crippen molar-refractivity contribution in [2.45, 2.75) is 31.6 Å². The molecule has 0 bridgehead atoms. The number of sulfonamides is 1. The average molecular weight is 335 g/mol. The minimum Gasteiger partial charge on any atom is -0.466 e. The van der Waals surface area contributed by atoms with Gasteiger partial charge in [0.05, 0.1) is 22.2 Å². The Labute approximate surface area is 129 Å². The van der Waals surface area contributed by atoms with Crippen molar-refractivity contribution in [1.29, 1.82) is 0 Å². The van der Waals surface area contributed by atoms with Crippen LogP contribution in [0.4, 0.5) is 5.69 Å². The van der Waals surface area contributed by atoms with Crippen LogP contribution in [0, 0.1) is 6.92 Å². The number of anilines is 1. The minimum atomic E-state index is -3.67. The lowest BCUT2D eigenvalue weighted by Crippen LogP contribution is -2.25. The molecule has 0 unspecified atom stereocenters. The van der Waals surface area contributed by atoms with Gasteiger partial charge in [-0.2, -0.15) is 0 Å². The molecule has 0 saturated heterocycles. The normalized spacial score (nSPS) is 11.4. The zero-order valence-corrected chi connectivity index (χ0v) is 13.6. The second-order valence-corrected chi connectivity index (χ2v) is 6.59. The lowest BCUT2D eigenvalue weighted by Gasteiger charge is -2.10. The molecule has 0 atom stereocenters. The van der Waals surface area contributed by atoms with Gasteiger partial charge in [0.25, 0.3) is 0 Å². The first-order valence-electron chi connectivity index (χ1n) is 6.49. The van der Waals surface area contributed by atoms with Crippen LogP contribution < -0.4 is 10.5 Å². The SMILES string of the molecule is CCOC(=O)CCCNS(=O)(=O)c1cc(C)c(Cl)c(N)c1. The van der Waals surface area contributed by atoms with E-state index in [1.807, 2.05) is 0 Å². The van der Waals surface area contributed by atoms with Crippen LogP contribution in [0.5, 0.6) is 0 Å². The van der Waals surface area contributed by atoms with Crippen molar-refractivity contribution in [2.24, 2.45) is 0 Å². The molecule has 1 rings (SSSR count). The Bertz CT molecular complexity index is 594. The molecule has 0 saturated carbocycles. The van der Waals surface area contributed by atoms with Crippen molar-refractivity contribution in [3.8, 4) is 0 Å². The summed E-state index contributed by atoms with van der Waals surface area (Å²) < 4.78 is 31.4. The second kappa shape index (κ2) is 7.63. The standard InChI is InChI=1S/C13H19ClN2O4S/c1-3-20-12(17)5-4-6-16-21(18,19)10-7-9(2)13(14)11(15)8-10/h7-8,16H,3-6,15H2,1-2H3. The predicted molar refractivity (Wildman–Crippen MR) is 81.7 cm³/mol. The third kappa shape index (κ3) is 5.18. The van der Waals surface area contributed by atoms with Crippen molar-refractivity contribution in [3.63, 3.8) is 0 Å². The first-order chi connectivity index (χ1) is 9.77. The smallest absolute Gasteiger partial charge is 0.305 e. The Balaban J connectivity index is 2.64. The molecule has 0 radical (unpaired) electrons. The number of benzene rings is 1. The highest BCUT2D eigenvalue weighted by molar-refractivity contribution is 7.89. The van der Waals surface area contributed by atoms with E-state index in [0.717, 1.165) is 0 Å². The summed E-state index contributed by atoms with van der Waals surface area (Å²) in [6, 6.07) is 2.76. The van der Waals surface area contributed by atoms with Gasteiger partial charge < -0.3 is 10.5 Å². The van der Waals surface area contributed by atoms with Crippen molar-refractivity contribution in [1.82, 2.24) is 4.72 Å². The Kier molecular flexibility index (Phi) is 6.44. The molecule has 1 aromatic rings. The molecule has 0 aliphatic heterocycles. The topological polar surface area (TPSA) is 98.5 Å². The van der Waals surface area contributed by atoms with Crippen LogP contribution in [0.2, 0.25) is 5.02 Å². The summed E-state index contributed by atoms with van der Waals surface area (Å²) in [5.74, 6) is -0.344. The van der Waals surface area contributed by atoms with Gasteiger partial charge in [0.1, 0.15) is 0 Å². The Hall–Kier alpha value is -1.31. The number of halogens is 1. The molecule has 8 heteroatoms. The molecule has 0 aromatic heterocycles. The van der Waals surface area contributed by atoms with Crippen molar-refractivity contribution in [3.05, 3.63) is 22.7 Å². The zero-order valence-electron chi connectivity index (χ0n) is 12.0. The summed E-state index contributed by atoms with van der Waals surface area (Å²) >= 11 is 5.90. The van der Waals surface area contributed by atoms with Crippen molar-refractivity contribution < 1.29 is 17.9 Å². The fourth-order valence-electron chi connectivity index (χ4n) is 1.67. The number of hydrogen-bond donors (Lipinski definition) is 2. The van der Waals surface area contributed by atoms with E-state index >= 15 is 0 Å². The summed E-state index contributed by atoms with van der Waals surface area (Å²) in [5, 5.41) is 0.344. The number of nitrogen functional groups attached to an aromatic ring is 1. The summed E-state index contributed by atoms with van der Waals surface area (Å²) in [6.45, 7) is 3.85. The third-order valence-corrected chi connectivity index (χ3v) is 4.68. The van der Waals surface area contributed by atoms with Crippen LogP contribution in [0.25, 0.3) is 0 Å². The molecule has 0 aliphatic rings. The van der Waals surface area contributed by atoms with Crippen molar-refractivity contribution in [2.75, 3.05) is 18.9 Å². The number of esters is 1. The zero-order chi connectivity index (χ0) is 16.0. The van der Waals surface area contributed by atoms with Gasteiger partial charge >= 0.3 is 5.97 Å². The predicted octanol–water partition coefficient (Wildman–Crippen LogP) is 1.85. The Morgan fingerprint density at radius 1 is 1.43 bits per heavy atom. The van der Waals surface area contributed by atoms with Gasteiger partial charge in [0.2, 0.25) is 10.0 Å². The highest BCUT2D eigenvalue weighted by atomic mass is 35.5.